The van der Waals surface area contributed by atoms with Gasteiger partial charge < -0.3 is 5.73 Å². The molecular weight excluding hydrogens is 227 g/mol. The lowest BCUT2D eigenvalue weighted by Crippen LogP contribution is -2.28. The van der Waals surface area contributed by atoms with E-state index in [2.05, 4.69) is 0 Å². The summed E-state index contributed by atoms with van der Waals surface area (Å²) in [5, 5.41) is 0. The van der Waals surface area contributed by atoms with Crippen molar-refractivity contribution in [1.82, 2.24) is 0 Å². The third kappa shape index (κ3) is 3.46. The van der Waals surface area contributed by atoms with E-state index in [9.17, 15) is 13.2 Å². The maximum Gasteiger partial charge on any atom is 0.396 e. The predicted octanol–water partition coefficient (Wildman–Crippen LogP) is 3.59. The van der Waals surface area contributed by atoms with Gasteiger partial charge in [-0.15, -0.1) is 0 Å². The maximum absolute atomic E-state index is 12.7. The molecule has 0 radical (unpaired) electrons. The van der Waals surface area contributed by atoms with Crippen molar-refractivity contribution in [3.63, 3.8) is 0 Å². The molecule has 0 spiro atoms. The first kappa shape index (κ1) is 14.0. The van der Waals surface area contributed by atoms with Gasteiger partial charge in [0.25, 0.3) is 0 Å². The lowest BCUT2D eigenvalue weighted by Gasteiger charge is -2.22. The molecule has 2 N–H and O–H groups in total. The van der Waals surface area contributed by atoms with Gasteiger partial charge in [-0.05, 0) is 16.5 Å². The third-order valence-electron chi connectivity index (χ3n) is 2.81. The minimum absolute atomic E-state index is 0.0605. The summed E-state index contributed by atoms with van der Waals surface area (Å²) in [5.74, 6) is -1.57. The van der Waals surface area contributed by atoms with Crippen LogP contribution in [0.3, 0.4) is 0 Å². The molecule has 0 saturated heterocycles. The molecule has 1 nitrogen and oxygen atoms in total. The van der Waals surface area contributed by atoms with Crippen LogP contribution in [0, 0.1) is 0 Å². The first-order chi connectivity index (χ1) is 7.66. The van der Waals surface area contributed by atoms with E-state index in [1.54, 1.807) is 12.1 Å². The maximum atomic E-state index is 12.7. The Morgan fingerprint density at radius 1 is 1.06 bits per heavy atom. The fourth-order valence-electron chi connectivity index (χ4n) is 1.67. The van der Waals surface area contributed by atoms with Gasteiger partial charge in [0.2, 0.25) is 0 Å². The monoisotopic (exact) mass is 245 g/mol. The molecule has 1 unspecified atom stereocenters. The first-order valence-corrected chi connectivity index (χ1v) is 5.53. The summed E-state index contributed by atoms with van der Waals surface area (Å²) in [5.41, 5.74) is 6.38. The Kier molecular flexibility index (Phi) is 3.87. The number of benzene rings is 1. The molecule has 1 aromatic rings. The number of alkyl halides is 3. The predicted molar refractivity (Wildman–Crippen MR) is 63.0 cm³/mol. The minimum atomic E-state index is -4.28. The Hall–Kier alpha value is -1.03. The summed E-state index contributed by atoms with van der Waals surface area (Å²) in [4.78, 5) is 0. The second-order valence-corrected chi connectivity index (χ2v) is 5.20. The molecule has 0 aliphatic carbocycles. The fraction of sp³-hybridized carbons (Fsp3) is 0.538. The van der Waals surface area contributed by atoms with E-state index in [1.807, 2.05) is 20.8 Å². The number of hydrogen-bond acceptors (Lipinski definition) is 1. The summed E-state index contributed by atoms with van der Waals surface area (Å²) in [6.45, 7) is 5.64. The van der Waals surface area contributed by atoms with Gasteiger partial charge in [0.1, 0.15) is 0 Å². The quantitative estimate of drug-likeness (QED) is 0.846. The van der Waals surface area contributed by atoms with E-state index in [-0.39, 0.29) is 11.0 Å². The molecule has 1 rings (SSSR count). The van der Waals surface area contributed by atoms with Gasteiger partial charge in [-0.3, -0.25) is 0 Å². The molecular formula is C13H18F3N. The topological polar surface area (TPSA) is 26.0 Å². The van der Waals surface area contributed by atoms with E-state index in [1.165, 1.54) is 12.1 Å². The van der Waals surface area contributed by atoms with Crippen molar-refractivity contribution < 1.29 is 13.2 Å². The summed E-state index contributed by atoms with van der Waals surface area (Å²) < 4.78 is 38.0. The Balaban J connectivity index is 3.02. The highest BCUT2D eigenvalue weighted by atomic mass is 19.4. The van der Waals surface area contributed by atoms with Crippen molar-refractivity contribution >= 4 is 0 Å². The Bertz CT molecular complexity index is 360. The van der Waals surface area contributed by atoms with Gasteiger partial charge >= 0.3 is 6.18 Å². The van der Waals surface area contributed by atoms with Crippen LogP contribution < -0.4 is 5.73 Å². The molecule has 0 amide bonds. The highest BCUT2D eigenvalue weighted by Gasteiger charge is 2.39. The highest BCUT2D eigenvalue weighted by Crippen LogP contribution is 2.34. The van der Waals surface area contributed by atoms with Crippen LogP contribution >= 0.6 is 0 Å². The molecule has 4 heteroatoms. The van der Waals surface area contributed by atoms with E-state index in [4.69, 9.17) is 5.73 Å². The molecule has 0 fully saturated rings. The molecule has 17 heavy (non-hydrogen) atoms. The molecule has 1 atom stereocenters. The van der Waals surface area contributed by atoms with Crippen molar-refractivity contribution in [3.8, 4) is 0 Å². The Morgan fingerprint density at radius 3 is 1.82 bits per heavy atom. The van der Waals surface area contributed by atoms with E-state index in [0.29, 0.717) is 0 Å². The number of rotatable bonds is 2. The Morgan fingerprint density at radius 2 is 1.53 bits per heavy atom. The van der Waals surface area contributed by atoms with E-state index >= 15 is 0 Å². The zero-order valence-corrected chi connectivity index (χ0v) is 10.3. The minimum Gasteiger partial charge on any atom is -0.330 e. The normalized spacial score (nSPS) is 14.8. The molecule has 0 heterocycles. The van der Waals surface area contributed by atoms with Crippen LogP contribution in [-0.4, -0.2) is 12.7 Å². The van der Waals surface area contributed by atoms with Crippen molar-refractivity contribution in [1.29, 1.82) is 0 Å². The second-order valence-electron chi connectivity index (χ2n) is 5.20. The Labute approximate surface area is 99.8 Å². The van der Waals surface area contributed by atoms with E-state index in [0.717, 1.165) is 5.56 Å². The van der Waals surface area contributed by atoms with Gasteiger partial charge in [-0.2, -0.15) is 13.2 Å². The zero-order chi connectivity index (χ0) is 13.3. The average Bonchev–Trinajstić information content (AvgIpc) is 2.16. The SMILES string of the molecule is CC(C)(C)c1ccc(C(CN)C(F)(F)F)cc1. The molecule has 0 saturated carbocycles. The van der Waals surface area contributed by atoms with Crippen molar-refractivity contribution in [2.24, 2.45) is 5.73 Å². The lowest BCUT2D eigenvalue weighted by molar-refractivity contribution is -0.148. The van der Waals surface area contributed by atoms with Gasteiger partial charge in [-0.1, -0.05) is 45.0 Å². The standard InChI is InChI=1S/C13H18F3N/c1-12(2,3)10-6-4-9(5-7-10)11(8-17)13(14,15)16/h4-7,11H,8,17H2,1-3H3. The average molecular weight is 245 g/mol. The van der Waals surface area contributed by atoms with Crippen molar-refractivity contribution in [3.05, 3.63) is 35.4 Å². The number of halogens is 3. The molecule has 0 aromatic heterocycles. The van der Waals surface area contributed by atoms with Crippen molar-refractivity contribution in [2.45, 2.75) is 38.3 Å². The smallest absolute Gasteiger partial charge is 0.330 e. The van der Waals surface area contributed by atoms with Crippen LogP contribution in [0.2, 0.25) is 0 Å². The largest absolute Gasteiger partial charge is 0.396 e. The fourth-order valence-corrected chi connectivity index (χ4v) is 1.67. The summed E-state index contributed by atoms with van der Waals surface area (Å²) in [6.07, 6.45) is -4.28. The molecule has 0 aliphatic heterocycles. The number of nitrogens with two attached hydrogens (primary N) is 1. The molecule has 96 valence electrons. The van der Waals surface area contributed by atoms with Crippen LogP contribution in [0.5, 0.6) is 0 Å². The molecule has 0 aliphatic rings. The summed E-state index contributed by atoms with van der Waals surface area (Å²) in [6, 6.07) is 6.52. The summed E-state index contributed by atoms with van der Waals surface area (Å²) in [7, 11) is 0. The van der Waals surface area contributed by atoms with Crippen molar-refractivity contribution in [2.75, 3.05) is 6.54 Å². The van der Waals surface area contributed by atoms with Gasteiger partial charge in [0.05, 0.1) is 5.92 Å². The first-order valence-electron chi connectivity index (χ1n) is 5.53. The zero-order valence-electron chi connectivity index (χ0n) is 10.3. The highest BCUT2D eigenvalue weighted by molar-refractivity contribution is 5.30. The van der Waals surface area contributed by atoms with Crippen LogP contribution in [0.25, 0.3) is 0 Å². The van der Waals surface area contributed by atoms with E-state index < -0.39 is 18.6 Å². The van der Waals surface area contributed by atoms with Crippen LogP contribution in [0.15, 0.2) is 24.3 Å². The number of hydrogen-bond donors (Lipinski definition) is 1. The van der Waals surface area contributed by atoms with Gasteiger partial charge in [0, 0.05) is 6.54 Å². The van der Waals surface area contributed by atoms with Gasteiger partial charge in [-0.25, -0.2) is 0 Å². The third-order valence-corrected chi connectivity index (χ3v) is 2.81. The molecule has 1 aromatic carbocycles. The van der Waals surface area contributed by atoms with Crippen LogP contribution in [-0.2, 0) is 5.41 Å². The van der Waals surface area contributed by atoms with Crippen LogP contribution in [0.1, 0.15) is 37.8 Å². The second kappa shape index (κ2) is 4.69. The summed E-state index contributed by atoms with van der Waals surface area (Å²) >= 11 is 0. The molecule has 0 bridgehead atoms. The van der Waals surface area contributed by atoms with Crippen LogP contribution in [0.4, 0.5) is 13.2 Å². The lowest BCUT2D eigenvalue weighted by atomic mass is 9.85. The van der Waals surface area contributed by atoms with Gasteiger partial charge in [0.15, 0.2) is 0 Å².